The van der Waals surface area contributed by atoms with E-state index < -0.39 is 18.5 Å². The van der Waals surface area contributed by atoms with Gasteiger partial charge in [0.25, 0.3) is 5.92 Å². The maximum Gasteiger partial charge on any atom is 0.262 e. The molecule has 0 bridgehead atoms. The molecule has 1 aliphatic heterocycles. The fraction of sp³-hybridized carbons (Fsp3) is 0.857. The van der Waals surface area contributed by atoms with Crippen LogP contribution in [-0.4, -0.2) is 52.7 Å². The van der Waals surface area contributed by atoms with Crippen molar-refractivity contribution < 1.29 is 19.1 Å². The number of amidine groups is 1. The Morgan fingerprint density at radius 3 is 2.79 bits per heavy atom. The molecule has 1 heterocycles. The third-order valence-corrected chi connectivity index (χ3v) is 2.19. The first-order valence-corrected chi connectivity index (χ1v) is 4.17. The monoisotopic (exact) mass is 209 g/mol. The third kappa shape index (κ3) is 2.52. The van der Waals surface area contributed by atoms with E-state index >= 15 is 0 Å². The molecule has 0 aromatic rings. The Morgan fingerprint density at radius 1 is 1.64 bits per heavy atom. The van der Waals surface area contributed by atoms with Crippen molar-refractivity contribution in [3.63, 3.8) is 0 Å². The van der Waals surface area contributed by atoms with E-state index in [1.54, 1.807) is 0 Å². The molecule has 0 saturated carbocycles. The molecule has 82 valence electrons. The summed E-state index contributed by atoms with van der Waals surface area (Å²) in [6.07, 6.45) is -0.387. The fourth-order valence-corrected chi connectivity index (χ4v) is 1.57. The number of oxime groups is 1. The van der Waals surface area contributed by atoms with E-state index in [1.807, 2.05) is 0 Å². The van der Waals surface area contributed by atoms with Crippen molar-refractivity contribution in [3.05, 3.63) is 0 Å². The van der Waals surface area contributed by atoms with Gasteiger partial charge in [-0.15, -0.1) is 0 Å². The lowest BCUT2D eigenvalue weighted by molar-refractivity contribution is 0.0128. The van der Waals surface area contributed by atoms with Crippen LogP contribution in [0.2, 0.25) is 0 Å². The molecule has 0 aromatic carbocycles. The Morgan fingerprint density at radius 2 is 2.29 bits per heavy atom. The Bertz CT molecular complexity index is 235. The highest BCUT2D eigenvalue weighted by molar-refractivity contribution is 5.81. The van der Waals surface area contributed by atoms with Crippen LogP contribution in [0.15, 0.2) is 5.16 Å². The fourth-order valence-electron chi connectivity index (χ4n) is 1.57. The summed E-state index contributed by atoms with van der Waals surface area (Å²) in [5.74, 6) is -2.94. The Hall–Kier alpha value is -0.950. The molecule has 1 fully saturated rings. The van der Waals surface area contributed by atoms with Crippen molar-refractivity contribution >= 4 is 5.84 Å². The number of alkyl halides is 2. The molecule has 0 aliphatic carbocycles. The molecule has 7 heteroatoms. The summed E-state index contributed by atoms with van der Waals surface area (Å²) in [6.45, 7) is -0.875. The molecule has 14 heavy (non-hydrogen) atoms. The zero-order valence-electron chi connectivity index (χ0n) is 7.53. The van der Waals surface area contributed by atoms with Gasteiger partial charge < -0.3 is 16.0 Å². The van der Waals surface area contributed by atoms with Gasteiger partial charge in [-0.1, -0.05) is 5.16 Å². The smallest absolute Gasteiger partial charge is 0.262 e. The predicted molar refractivity (Wildman–Crippen MR) is 45.4 cm³/mol. The predicted octanol–water partition coefficient (Wildman–Crippen LogP) is -0.565. The van der Waals surface area contributed by atoms with E-state index in [4.69, 9.17) is 16.0 Å². The molecule has 1 aliphatic rings. The van der Waals surface area contributed by atoms with E-state index in [0.717, 1.165) is 0 Å². The quantitative estimate of drug-likeness (QED) is 0.252. The maximum absolute atomic E-state index is 12.9. The van der Waals surface area contributed by atoms with Crippen LogP contribution in [0.25, 0.3) is 0 Å². The Balaban J connectivity index is 2.60. The number of hydrogen-bond acceptors (Lipinski definition) is 4. The number of rotatable bonds is 3. The molecule has 0 amide bonds. The number of hydrogen-bond donors (Lipinski definition) is 3. The van der Waals surface area contributed by atoms with Gasteiger partial charge in [-0.2, -0.15) is 0 Å². The summed E-state index contributed by atoms with van der Waals surface area (Å²) in [6, 6.07) is -0.620. The van der Waals surface area contributed by atoms with Gasteiger partial charge in [0.05, 0.1) is 19.7 Å². The Labute approximate surface area is 79.8 Å². The molecular formula is C7H13F2N3O2. The van der Waals surface area contributed by atoms with Gasteiger partial charge in [0.2, 0.25) is 0 Å². The number of nitrogens with zero attached hydrogens (tertiary/aromatic N) is 2. The second-order valence-electron chi connectivity index (χ2n) is 3.39. The van der Waals surface area contributed by atoms with Crippen molar-refractivity contribution in [2.75, 3.05) is 19.7 Å². The molecule has 5 nitrogen and oxygen atoms in total. The normalized spacial score (nSPS) is 28.2. The van der Waals surface area contributed by atoms with Gasteiger partial charge >= 0.3 is 0 Å². The van der Waals surface area contributed by atoms with Crippen LogP contribution in [0, 0.1) is 0 Å². The minimum Gasteiger partial charge on any atom is -0.409 e. The lowest BCUT2D eigenvalue weighted by atomic mass is 10.2. The number of halogens is 2. The maximum atomic E-state index is 12.9. The van der Waals surface area contributed by atoms with E-state index in [0.29, 0.717) is 0 Å². The van der Waals surface area contributed by atoms with Crippen molar-refractivity contribution in [3.8, 4) is 0 Å². The second-order valence-corrected chi connectivity index (χ2v) is 3.39. The van der Waals surface area contributed by atoms with E-state index in [2.05, 4.69) is 5.16 Å². The van der Waals surface area contributed by atoms with Gasteiger partial charge in [-0.3, -0.25) is 4.90 Å². The Kier molecular flexibility index (Phi) is 3.22. The SMILES string of the molecule is NC(CN1CC(F)(F)C[C@H]1CO)=NO. The van der Waals surface area contributed by atoms with E-state index in [1.165, 1.54) is 4.90 Å². The van der Waals surface area contributed by atoms with Crippen LogP contribution in [0.3, 0.4) is 0 Å². The number of aliphatic hydroxyl groups excluding tert-OH is 1. The summed E-state index contributed by atoms with van der Waals surface area (Å²) in [4.78, 5) is 1.30. The van der Waals surface area contributed by atoms with Crippen LogP contribution in [0.1, 0.15) is 6.42 Å². The molecular weight excluding hydrogens is 196 g/mol. The van der Waals surface area contributed by atoms with Crippen LogP contribution < -0.4 is 5.73 Å². The first kappa shape index (κ1) is 11.1. The van der Waals surface area contributed by atoms with Gasteiger partial charge in [0, 0.05) is 12.5 Å². The van der Waals surface area contributed by atoms with Crippen molar-refractivity contribution in [1.29, 1.82) is 0 Å². The molecule has 1 atom stereocenters. The largest absolute Gasteiger partial charge is 0.409 e. The van der Waals surface area contributed by atoms with Gasteiger partial charge in [0.1, 0.15) is 0 Å². The summed E-state index contributed by atoms with van der Waals surface area (Å²) < 4.78 is 25.8. The topological polar surface area (TPSA) is 82.1 Å². The van der Waals surface area contributed by atoms with Crippen molar-refractivity contribution in [1.82, 2.24) is 4.90 Å². The number of likely N-dealkylation sites (tertiary alicyclic amines) is 1. The highest BCUT2D eigenvalue weighted by Crippen LogP contribution is 2.31. The standard InChI is InChI=1S/C7H13F2N3O2/c8-7(9)1-5(3-13)12(4-7)2-6(10)11-14/h5,13-14H,1-4H2,(H2,10,11)/t5-/m0/s1. The van der Waals surface area contributed by atoms with Crippen LogP contribution >= 0.6 is 0 Å². The number of aliphatic hydroxyl groups is 1. The van der Waals surface area contributed by atoms with Crippen molar-refractivity contribution in [2.45, 2.75) is 18.4 Å². The van der Waals surface area contributed by atoms with Crippen molar-refractivity contribution in [2.24, 2.45) is 10.9 Å². The second kappa shape index (κ2) is 4.05. The molecule has 0 aromatic heterocycles. The van der Waals surface area contributed by atoms with E-state index in [9.17, 15) is 8.78 Å². The molecule has 1 saturated heterocycles. The zero-order chi connectivity index (χ0) is 10.8. The summed E-state index contributed by atoms with van der Waals surface area (Å²) >= 11 is 0. The highest BCUT2D eigenvalue weighted by atomic mass is 19.3. The lowest BCUT2D eigenvalue weighted by Gasteiger charge is -2.20. The third-order valence-electron chi connectivity index (χ3n) is 2.19. The number of nitrogens with two attached hydrogens (primary N) is 1. The molecule has 0 spiro atoms. The first-order chi connectivity index (χ1) is 6.48. The molecule has 0 radical (unpaired) electrons. The first-order valence-electron chi connectivity index (χ1n) is 4.17. The van der Waals surface area contributed by atoms with Gasteiger partial charge in [-0.05, 0) is 0 Å². The van der Waals surface area contributed by atoms with E-state index in [-0.39, 0.29) is 25.4 Å². The lowest BCUT2D eigenvalue weighted by Crippen LogP contribution is -2.39. The highest BCUT2D eigenvalue weighted by Gasteiger charge is 2.44. The van der Waals surface area contributed by atoms with Crippen LogP contribution in [0.4, 0.5) is 8.78 Å². The molecule has 1 rings (SSSR count). The summed E-state index contributed by atoms with van der Waals surface area (Å²) in [5, 5.41) is 19.8. The minimum absolute atomic E-state index is 0.0582. The summed E-state index contributed by atoms with van der Waals surface area (Å²) in [5.41, 5.74) is 5.19. The summed E-state index contributed by atoms with van der Waals surface area (Å²) in [7, 11) is 0. The van der Waals surface area contributed by atoms with Gasteiger partial charge in [-0.25, -0.2) is 8.78 Å². The zero-order valence-corrected chi connectivity index (χ0v) is 7.53. The van der Waals surface area contributed by atoms with Crippen LogP contribution in [-0.2, 0) is 0 Å². The minimum atomic E-state index is -2.80. The van der Waals surface area contributed by atoms with Crippen LogP contribution in [0.5, 0.6) is 0 Å². The molecule has 4 N–H and O–H groups in total. The average molecular weight is 209 g/mol. The van der Waals surface area contributed by atoms with Gasteiger partial charge in [0.15, 0.2) is 5.84 Å². The molecule has 0 unspecified atom stereocenters. The average Bonchev–Trinajstić information content (AvgIpc) is 2.40.